The second kappa shape index (κ2) is 12.9. The molecule has 2 heterocycles. The summed E-state index contributed by atoms with van der Waals surface area (Å²) < 4.78 is 46.6. The van der Waals surface area contributed by atoms with Crippen LogP contribution in [0.25, 0.3) is 22.2 Å². The summed E-state index contributed by atoms with van der Waals surface area (Å²) >= 11 is 6.47. The number of nitrogens with zero attached hydrogens (tertiary/aromatic N) is 2. The number of thiol groups is 1. The standard InChI is InChI=1S/C29H26ClFN4O4S/c30-25-15-22(6-9-28(25)38-17-19-3-1-4-21(31)13-19)35-29-24-14-20(5-8-26(24)33-18-34-29)27-10-7-23(39-27)16-32-11-2-12-40(36)37/h1,3-10,13-15,18,32,40H,2,11-12,16-17H2,(H,33,34,35). The van der Waals surface area contributed by atoms with Gasteiger partial charge in [0.1, 0.15) is 52.5 Å². The smallest absolute Gasteiger partial charge is 0.141 e. The molecular weight excluding hydrogens is 555 g/mol. The van der Waals surface area contributed by atoms with Crippen LogP contribution in [-0.2, 0) is 23.9 Å². The van der Waals surface area contributed by atoms with E-state index in [9.17, 15) is 12.8 Å². The van der Waals surface area contributed by atoms with Crippen molar-refractivity contribution in [3.05, 3.63) is 101 Å². The van der Waals surface area contributed by atoms with Crippen molar-refractivity contribution in [3.8, 4) is 17.1 Å². The lowest BCUT2D eigenvalue weighted by Crippen LogP contribution is -2.15. The van der Waals surface area contributed by atoms with Crippen molar-refractivity contribution < 1.29 is 22.0 Å². The van der Waals surface area contributed by atoms with Crippen LogP contribution in [0.5, 0.6) is 5.75 Å². The van der Waals surface area contributed by atoms with E-state index < -0.39 is 10.7 Å². The molecule has 0 aliphatic rings. The number of hydrogen-bond donors (Lipinski definition) is 3. The maximum atomic E-state index is 13.4. The molecule has 206 valence electrons. The van der Waals surface area contributed by atoms with Crippen LogP contribution in [0.2, 0.25) is 5.02 Å². The number of nitrogens with one attached hydrogen (secondary N) is 2. The predicted molar refractivity (Wildman–Crippen MR) is 154 cm³/mol. The molecule has 5 rings (SSSR count). The Labute approximate surface area is 237 Å². The summed E-state index contributed by atoms with van der Waals surface area (Å²) in [6, 6.07) is 21.1. The Morgan fingerprint density at radius 3 is 2.73 bits per heavy atom. The molecule has 5 aromatic rings. The van der Waals surface area contributed by atoms with Gasteiger partial charge < -0.3 is 19.8 Å². The first-order valence-electron chi connectivity index (χ1n) is 12.5. The molecule has 11 heteroatoms. The van der Waals surface area contributed by atoms with E-state index in [0.717, 1.165) is 22.2 Å². The Morgan fingerprint density at radius 1 is 1.00 bits per heavy atom. The van der Waals surface area contributed by atoms with Crippen molar-refractivity contribution in [1.29, 1.82) is 0 Å². The van der Waals surface area contributed by atoms with Crippen molar-refractivity contribution in [3.63, 3.8) is 0 Å². The number of fused-ring (bicyclic) bond motifs is 1. The molecule has 0 atom stereocenters. The van der Waals surface area contributed by atoms with Gasteiger partial charge in [0.2, 0.25) is 0 Å². The highest BCUT2D eigenvalue weighted by molar-refractivity contribution is 7.72. The van der Waals surface area contributed by atoms with Crippen LogP contribution in [0.4, 0.5) is 15.9 Å². The van der Waals surface area contributed by atoms with Crippen LogP contribution < -0.4 is 15.4 Å². The van der Waals surface area contributed by atoms with Crippen molar-refractivity contribution in [2.75, 3.05) is 17.6 Å². The highest BCUT2D eigenvalue weighted by atomic mass is 35.5. The first-order chi connectivity index (χ1) is 19.4. The van der Waals surface area contributed by atoms with Crippen LogP contribution >= 0.6 is 11.6 Å². The largest absolute Gasteiger partial charge is 0.487 e. The number of rotatable bonds is 12. The lowest BCUT2D eigenvalue weighted by molar-refractivity contribution is 0.306. The number of aromatic nitrogens is 2. The summed E-state index contributed by atoms with van der Waals surface area (Å²) in [7, 11) is -2.35. The second-order valence-electron chi connectivity index (χ2n) is 9.00. The van der Waals surface area contributed by atoms with E-state index in [-0.39, 0.29) is 18.2 Å². The molecule has 0 fully saturated rings. The van der Waals surface area contributed by atoms with Crippen LogP contribution in [0.15, 0.2) is 83.5 Å². The predicted octanol–water partition coefficient (Wildman–Crippen LogP) is 6.10. The van der Waals surface area contributed by atoms with E-state index in [1.54, 1.807) is 24.3 Å². The van der Waals surface area contributed by atoms with E-state index >= 15 is 0 Å². The maximum absolute atomic E-state index is 13.4. The fourth-order valence-electron chi connectivity index (χ4n) is 4.10. The molecule has 8 nitrogen and oxygen atoms in total. The summed E-state index contributed by atoms with van der Waals surface area (Å²) in [6.45, 7) is 1.28. The van der Waals surface area contributed by atoms with E-state index in [1.807, 2.05) is 36.4 Å². The van der Waals surface area contributed by atoms with Gasteiger partial charge in [0.15, 0.2) is 0 Å². The quantitative estimate of drug-likeness (QED) is 0.120. The van der Waals surface area contributed by atoms with E-state index in [2.05, 4.69) is 20.6 Å². The Balaban J connectivity index is 1.28. The van der Waals surface area contributed by atoms with Crippen molar-refractivity contribution >= 4 is 44.7 Å². The van der Waals surface area contributed by atoms with Gasteiger partial charge in [0, 0.05) is 22.4 Å². The van der Waals surface area contributed by atoms with Gasteiger partial charge >= 0.3 is 0 Å². The fraction of sp³-hybridized carbons (Fsp3) is 0.172. The number of benzene rings is 3. The average molecular weight is 581 g/mol. The first kappa shape index (κ1) is 27.6. The number of anilines is 2. The molecule has 2 N–H and O–H groups in total. The van der Waals surface area contributed by atoms with E-state index in [1.165, 1.54) is 18.5 Å². The Kier molecular flexibility index (Phi) is 8.90. The zero-order chi connectivity index (χ0) is 27.9. The van der Waals surface area contributed by atoms with Gasteiger partial charge in [-0.15, -0.1) is 0 Å². The molecule has 0 unspecified atom stereocenters. The lowest BCUT2D eigenvalue weighted by atomic mass is 10.1. The molecule has 0 aliphatic heterocycles. The molecule has 0 radical (unpaired) electrons. The van der Waals surface area contributed by atoms with E-state index in [0.29, 0.717) is 53.1 Å². The van der Waals surface area contributed by atoms with Gasteiger partial charge in [0.05, 0.1) is 17.1 Å². The molecule has 0 bridgehead atoms. The van der Waals surface area contributed by atoms with Crippen LogP contribution in [-0.4, -0.2) is 30.7 Å². The van der Waals surface area contributed by atoms with Gasteiger partial charge in [-0.25, -0.2) is 22.8 Å². The third-order valence-electron chi connectivity index (χ3n) is 6.05. The van der Waals surface area contributed by atoms with Crippen LogP contribution in [0.3, 0.4) is 0 Å². The first-order valence-corrected chi connectivity index (χ1v) is 14.3. The third-order valence-corrected chi connectivity index (χ3v) is 7.03. The fourth-order valence-corrected chi connectivity index (χ4v) is 4.75. The summed E-state index contributed by atoms with van der Waals surface area (Å²) in [6.07, 6.45) is 2.05. The summed E-state index contributed by atoms with van der Waals surface area (Å²) in [5.41, 5.74) is 3.03. The molecule has 0 saturated heterocycles. The lowest BCUT2D eigenvalue weighted by Gasteiger charge is -2.12. The topological polar surface area (TPSA) is 106 Å². The molecule has 40 heavy (non-hydrogen) atoms. The van der Waals surface area contributed by atoms with Crippen molar-refractivity contribution in [2.45, 2.75) is 19.6 Å². The zero-order valence-corrected chi connectivity index (χ0v) is 22.9. The highest BCUT2D eigenvalue weighted by Crippen LogP contribution is 2.32. The van der Waals surface area contributed by atoms with E-state index in [4.69, 9.17) is 20.8 Å². The number of ether oxygens (including phenoxy) is 1. The summed E-state index contributed by atoms with van der Waals surface area (Å²) in [5, 5.41) is 7.69. The van der Waals surface area contributed by atoms with Crippen LogP contribution in [0, 0.1) is 5.82 Å². The molecule has 0 spiro atoms. The minimum atomic E-state index is -2.35. The number of furan rings is 1. The van der Waals surface area contributed by atoms with Gasteiger partial charge in [-0.1, -0.05) is 23.7 Å². The monoisotopic (exact) mass is 580 g/mol. The van der Waals surface area contributed by atoms with Crippen molar-refractivity contribution in [1.82, 2.24) is 15.3 Å². The Hall–Kier alpha value is -3.99. The summed E-state index contributed by atoms with van der Waals surface area (Å²) in [4.78, 5) is 8.81. The molecular formula is C29H26ClFN4O4S. The normalized spacial score (nSPS) is 11.3. The zero-order valence-electron chi connectivity index (χ0n) is 21.3. The van der Waals surface area contributed by atoms with Crippen molar-refractivity contribution in [2.24, 2.45) is 0 Å². The molecule has 2 aromatic heterocycles. The Morgan fingerprint density at radius 2 is 1.90 bits per heavy atom. The molecule has 0 aliphatic carbocycles. The van der Waals surface area contributed by atoms with Gasteiger partial charge in [-0.3, -0.25) is 0 Å². The van der Waals surface area contributed by atoms with Gasteiger partial charge in [-0.2, -0.15) is 0 Å². The highest BCUT2D eigenvalue weighted by Gasteiger charge is 2.11. The van der Waals surface area contributed by atoms with Gasteiger partial charge in [0.25, 0.3) is 0 Å². The third kappa shape index (κ3) is 7.15. The number of hydrogen-bond acceptors (Lipinski definition) is 8. The second-order valence-corrected chi connectivity index (χ2v) is 10.5. The minimum Gasteiger partial charge on any atom is -0.487 e. The SMILES string of the molecule is O=[SH](=O)CCCNCc1ccc(-c2ccc3ncnc(Nc4ccc(OCc5cccc(F)c5)c(Cl)c4)c3c2)o1. The molecule has 0 saturated carbocycles. The number of halogens is 2. The molecule has 0 amide bonds. The summed E-state index contributed by atoms with van der Waals surface area (Å²) in [5.74, 6) is 2.37. The molecule has 3 aromatic carbocycles. The average Bonchev–Trinajstić information content (AvgIpc) is 3.41. The Bertz CT molecular complexity index is 1700. The van der Waals surface area contributed by atoms with Gasteiger partial charge in [-0.05, 0) is 79.2 Å². The minimum absolute atomic E-state index is 0.169. The van der Waals surface area contributed by atoms with Crippen LogP contribution in [0.1, 0.15) is 17.7 Å². The maximum Gasteiger partial charge on any atom is 0.141 e.